The van der Waals surface area contributed by atoms with Crippen LogP contribution in [0.2, 0.25) is 0 Å². The van der Waals surface area contributed by atoms with E-state index in [4.69, 9.17) is 4.74 Å². The molecule has 2 amide bonds. The predicted octanol–water partition coefficient (Wildman–Crippen LogP) is 5.06. The number of thioether (sulfide) groups is 1. The smallest absolute Gasteiger partial charge is 0.411 e. The van der Waals surface area contributed by atoms with Crippen LogP contribution >= 0.6 is 11.8 Å². The first-order valence-electron chi connectivity index (χ1n) is 11.1. The summed E-state index contributed by atoms with van der Waals surface area (Å²) in [6, 6.07) is 24.0. The third-order valence-corrected chi connectivity index (χ3v) is 7.15. The molecule has 1 aromatic heterocycles. The number of hydrogen-bond acceptors (Lipinski definition) is 5. The second-order valence-electron chi connectivity index (χ2n) is 8.17. The zero-order valence-corrected chi connectivity index (χ0v) is 19.8. The molecule has 0 saturated heterocycles. The summed E-state index contributed by atoms with van der Waals surface area (Å²) >= 11 is 1.37. The van der Waals surface area contributed by atoms with Gasteiger partial charge in [-0.25, -0.2) is 4.79 Å². The molecule has 176 valence electrons. The van der Waals surface area contributed by atoms with Gasteiger partial charge in [0.2, 0.25) is 5.91 Å². The Morgan fingerprint density at radius 3 is 2.51 bits per heavy atom. The van der Waals surface area contributed by atoms with E-state index < -0.39 is 12.1 Å². The summed E-state index contributed by atoms with van der Waals surface area (Å²) in [5.74, 6) is 0.0944. The Hall–Kier alpha value is -4.04. The first-order valence-corrected chi connectivity index (χ1v) is 12.1. The summed E-state index contributed by atoms with van der Waals surface area (Å²) in [5.41, 5.74) is 2.55. The van der Waals surface area contributed by atoms with E-state index in [1.165, 1.54) is 29.5 Å². The number of methoxy groups -OCH3 is 1. The number of hydrogen-bond donors (Lipinski definition) is 2. The van der Waals surface area contributed by atoms with Gasteiger partial charge in [0.25, 0.3) is 5.56 Å². The molecule has 2 N–H and O–H groups in total. The summed E-state index contributed by atoms with van der Waals surface area (Å²) in [5, 5.41) is 8.38. The van der Waals surface area contributed by atoms with Crippen molar-refractivity contribution in [3.63, 3.8) is 0 Å². The van der Waals surface area contributed by atoms with Crippen LogP contribution in [-0.2, 0) is 16.0 Å². The molecule has 3 aromatic carbocycles. The van der Waals surface area contributed by atoms with E-state index in [2.05, 4.69) is 10.6 Å². The van der Waals surface area contributed by atoms with E-state index in [0.717, 1.165) is 16.3 Å². The van der Waals surface area contributed by atoms with Crippen LogP contribution in [0.3, 0.4) is 0 Å². The second-order valence-corrected chi connectivity index (χ2v) is 9.18. The molecular weight excluding hydrogens is 462 g/mol. The van der Waals surface area contributed by atoms with Gasteiger partial charge in [-0.15, -0.1) is 11.8 Å². The highest BCUT2D eigenvalue weighted by atomic mass is 32.2. The number of pyridine rings is 1. The summed E-state index contributed by atoms with van der Waals surface area (Å²) in [6.07, 6.45) is -0.200. The number of fused-ring (bicyclic) bond motifs is 2. The molecule has 0 radical (unpaired) electrons. The topological polar surface area (TPSA) is 89.4 Å². The Morgan fingerprint density at radius 1 is 0.971 bits per heavy atom. The summed E-state index contributed by atoms with van der Waals surface area (Å²) in [6.45, 7) is 0. The van der Waals surface area contributed by atoms with Crippen molar-refractivity contribution < 1.29 is 14.3 Å². The SMILES string of the molecule is COC(=O)Nc1c(Cc2cccc3ccccc23)cc(=O)n2c1SCC2C(=O)Nc1ccccc1. The van der Waals surface area contributed by atoms with Gasteiger partial charge >= 0.3 is 6.09 Å². The lowest BCUT2D eigenvalue weighted by molar-refractivity contribution is -0.118. The number of carbonyl (C=O) groups is 2. The lowest BCUT2D eigenvalue weighted by Gasteiger charge is -2.18. The van der Waals surface area contributed by atoms with E-state index in [-0.39, 0.29) is 11.5 Å². The third-order valence-electron chi connectivity index (χ3n) is 6.00. The number of para-hydroxylation sites is 1. The van der Waals surface area contributed by atoms with Crippen molar-refractivity contribution in [2.45, 2.75) is 17.5 Å². The molecule has 0 aliphatic carbocycles. The van der Waals surface area contributed by atoms with Crippen LogP contribution in [0, 0.1) is 0 Å². The van der Waals surface area contributed by atoms with Gasteiger partial charge in [0.1, 0.15) is 11.1 Å². The van der Waals surface area contributed by atoms with E-state index in [1.54, 1.807) is 12.1 Å². The van der Waals surface area contributed by atoms with Gasteiger partial charge in [-0.2, -0.15) is 0 Å². The van der Waals surface area contributed by atoms with Crippen molar-refractivity contribution in [1.29, 1.82) is 0 Å². The maximum atomic E-state index is 13.3. The van der Waals surface area contributed by atoms with Gasteiger partial charge in [0.15, 0.2) is 0 Å². The van der Waals surface area contributed by atoms with Gasteiger partial charge in [-0.1, -0.05) is 60.7 Å². The number of carbonyl (C=O) groups excluding carboxylic acids is 2. The maximum absolute atomic E-state index is 13.3. The molecule has 8 heteroatoms. The van der Waals surface area contributed by atoms with Crippen LogP contribution in [0.4, 0.5) is 16.2 Å². The fourth-order valence-corrected chi connectivity index (χ4v) is 5.63. The van der Waals surface area contributed by atoms with Gasteiger partial charge in [-0.05, 0) is 34.0 Å². The number of ether oxygens (including phenoxy) is 1. The minimum Gasteiger partial charge on any atom is -0.453 e. The average Bonchev–Trinajstić information content (AvgIpc) is 3.33. The molecule has 1 atom stereocenters. The minimum atomic E-state index is -0.701. The van der Waals surface area contributed by atoms with E-state index in [1.807, 2.05) is 60.7 Å². The first kappa shape index (κ1) is 22.7. The summed E-state index contributed by atoms with van der Waals surface area (Å²) in [4.78, 5) is 38.6. The Balaban J connectivity index is 1.56. The molecule has 7 nitrogen and oxygen atoms in total. The van der Waals surface area contributed by atoms with Crippen LogP contribution in [0.15, 0.2) is 88.7 Å². The predicted molar refractivity (Wildman–Crippen MR) is 138 cm³/mol. The van der Waals surface area contributed by atoms with E-state index in [0.29, 0.717) is 34.1 Å². The number of aromatic nitrogens is 1. The Bertz CT molecular complexity index is 1480. The van der Waals surface area contributed by atoms with Crippen molar-refractivity contribution in [2.24, 2.45) is 0 Å². The number of rotatable bonds is 5. The molecule has 1 unspecified atom stereocenters. The summed E-state index contributed by atoms with van der Waals surface area (Å²) in [7, 11) is 1.29. The average molecular weight is 486 g/mol. The second kappa shape index (κ2) is 9.68. The third kappa shape index (κ3) is 4.52. The Labute approximate surface area is 206 Å². The molecule has 2 heterocycles. The zero-order chi connectivity index (χ0) is 24.4. The largest absolute Gasteiger partial charge is 0.453 e. The molecule has 1 aliphatic heterocycles. The molecule has 0 saturated carbocycles. The molecule has 0 fully saturated rings. The van der Waals surface area contributed by atoms with Crippen LogP contribution in [0.5, 0.6) is 0 Å². The van der Waals surface area contributed by atoms with Crippen molar-refractivity contribution in [3.05, 3.63) is 100 Å². The number of benzene rings is 3. The van der Waals surface area contributed by atoms with E-state index in [9.17, 15) is 14.4 Å². The van der Waals surface area contributed by atoms with Gasteiger partial charge in [0, 0.05) is 23.9 Å². The monoisotopic (exact) mass is 485 g/mol. The molecule has 0 spiro atoms. The number of anilines is 2. The maximum Gasteiger partial charge on any atom is 0.411 e. The number of nitrogens with one attached hydrogen (secondary N) is 2. The molecule has 1 aliphatic rings. The highest BCUT2D eigenvalue weighted by Crippen LogP contribution is 2.40. The highest BCUT2D eigenvalue weighted by Gasteiger charge is 2.33. The van der Waals surface area contributed by atoms with Gasteiger partial charge < -0.3 is 10.1 Å². The van der Waals surface area contributed by atoms with Gasteiger partial charge in [0.05, 0.1) is 12.8 Å². The normalized spacial score (nSPS) is 14.4. The van der Waals surface area contributed by atoms with Gasteiger partial charge in [-0.3, -0.25) is 19.5 Å². The number of nitrogens with zero attached hydrogens (tertiary/aromatic N) is 1. The first-order chi connectivity index (χ1) is 17.0. The Morgan fingerprint density at radius 2 is 1.71 bits per heavy atom. The van der Waals surface area contributed by atoms with Crippen molar-refractivity contribution in [1.82, 2.24) is 4.57 Å². The van der Waals surface area contributed by atoms with Crippen LogP contribution in [0.25, 0.3) is 10.8 Å². The summed E-state index contributed by atoms with van der Waals surface area (Å²) < 4.78 is 6.31. The molecule has 35 heavy (non-hydrogen) atoms. The molecule has 5 rings (SSSR count). The molecular formula is C27H23N3O4S. The molecule has 4 aromatic rings. The highest BCUT2D eigenvalue weighted by molar-refractivity contribution is 7.99. The fraction of sp³-hybridized carbons (Fsp3) is 0.148. The van der Waals surface area contributed by atoms with Crippen molar-refractivity contribution >= 4 is 45.9 Å². The Kier molecular flexibility index (Phi) is 6.29. The fourth-order valence-electron chi connectivity index (χ4n) is 4.34. The standard InChI is InChI=1S/C27H23N3O4S/c1-34-27(33)29-24-19(14-18-10-7-9-17-8-5-6-13-21(17)18)15-23(31)30-22(16-35-26(24)30)25(32)28-20-11-3-2-4-12-20/h2-13,15,22H,14,16H2,1H3,(H,28,32)(H,29,33). The zero-order valence-electron chi connectivity index (χ0n) is 19.0. The lowest BCUT2D eigenvalue weighted by atomic mass is 9.98. The van der Waals surface area contributed by atoms with Crippen LogP contribution < -0.4 is 16.2 Å². The van der Waals surface area contributed by atoms with E-state index >= 15 is 0 Å². The van der Waals surface area contributed by atoms with Crippen LogP contribution in [0.1, 0.15) is 17.2 Å². The quantitative estimate of drug-likeness (QED) is 0.413. The lowest BCUT2D eigenvalue weighted by Crippen LogP contribution is -2.33. The molecule has 0 bridgehead atoms. The number of amides is 2. The van der Waals surface area contributed by atoms with Crippen LogP contribution in [-0.4, -0.2) is 29.4 Å². The van der Waals surface area contributed by atoms with Crippen molar-refractivity contribution in [2.75, 3.05) is 23.5 Å². The van der Waals surface area contributed by atoms with Crippen molar-refractivity contribution in [3.8, 4) is 0 Å². The minimum absolute atomic E-state index is 0.282.